The van der Waals surface area contributed by atoms with Gasteiger partial charge in [-0.2, -0.15) is 0 Å². The number of fused-ring (bicyclic) bond motifs is 1. The Labute approximate surface area is 197 Å². The Hall–Kier alpha value is -3.83. The first-order valence-corrected chi connectivity index (χ1v) is 11.6. The molecular formula is C28H24N2O2S. The van der Waals surface area contributed by atoms with Crippen LogP contribution in [-0.2, 0) is 9.59 Å². The van der Waals surface area contributed by atoms with E-state index in [0.29, 0.717) is 5.69 Å². The van der Waals surface area contributed by atoms with Crippen molar-refractivity contribution in [1.82, 2.24) is 0 Å². The SMILES string of the molecule is CC(Sc1ccc(NC(=O)/C=C/c2ccccc2)cc1)C(=O)Nc1ccc2ccccc2c1. The fourth-order valence-corrected chi connectivity index (χ4v) is 4.17. The van der Waals surface area contributed by atoms with Crippen molar-refractivity contribution in [3.8, 4) is 0 Å². The smallest absolute Gasteiger partial charge is 0.248 e. The molecule has 0 heterocycles. The second-order valence-electron chi connectivity index (χ2n) is 7.57. The molecule has 0 fully saturated rings. The van der Waals surface area contributed by atoms with E-state index < -0.39 is 0 Å². The average Bonchev–Trinajstić information content (AvgIpc) is 2.84. The monoisotopic (exact) mass is 452 g/mol. The van der Waals surface area contributed by atoms with E-state index >= 15 is 0 Å². The molecule has 5 heteroatoms. The zero-order valence-corrected chi connectivity index (χ0v) is 19.0. The minimum Gasteiger partial charge on any atom is -0.325 e. The molecule has 4 aromatic rings. The summed E-state index contributed by atoms with van der Waals surface area (Å²) in [5, 5.41) is 7.80. The highest BCUT2D eigenvalue weighted by Gasteiger charge is 2.15. The van der Waals surface area contributed by atoms with Gasteiger partial charge in [0.1, 0.15) is 0 Å². The van der Waals surface area contributed by atoms with Crippen LogP contribution in [0.25, 0.3) is 16.8 Å². The molecule has 1 unspecified atom stereocenters. The summed E-state index contributed by atoms with van der Waals surface area (Å²) in [6, 6.07) is 31.1. The maximum absolute atomic E-state index is 12.7. The Kier molecular flexibility index (Phi) is 7.22. The first kappa shape index (κ1) is 22.4. The molecule has 0 aliphatic heterocycles. The number of carbonyl (C=O) groups excluding carboxylic acids is 2. The van der Waals surface area contributed by atoms with Gasteiger partial charge >= 0.3 is 0 Å². The number of hydrogen-bond acceptors (Lipinski definition) is 3. The van der Waals surface area contributed by atoms with Gasteiger partial charge in [-0.3, -0.25) is 9.59 Å². The molecule has 33 heavy (non-hydrogen) atoms. The zero-order valence-electron chi connectivity index (χ0n) is 18.2. The Morgan fingerprint density at radius 2 is 1.42 bits per heavy atom. The molecule has 0 saturated heterocycles. The van der Waals surface area contributed by atoms with Gasteiger partial charge in [-0.15, -0.1) is 11.8 Å². The molecule has 1 atom stereocenters. The summed E-state index contributed by atoms with van der Waals surface area (Å²) < 4.78 is 0. The van der Waals surface area contributed by atoms with Gasteiger partial charge in [0, 0.05) is 22.3 Å². The first-order chi connectivity index (χ1) is 16.1. The predicted molar refractivity (Wildman–Crippen MR) is 138 cm³/mol. The lowest BCUT2D eigenvalue weighted by atomic mass is 10.1. The van der Waals surface area contributed by atoms with Crippen molar-refractivity contribution in [2.45, 2.75) is 17.1 Å². The normalized spacial score (nSPS) is 11.9. The Bertz CT molecular complexity index is 1280. The van der Waals surface area contributed by atoms with Crippen LogP contribution in [0.2, 0.25) is 0 Å². The van der Waals surface area contributed by atoms with Crippen LogP contribution < -0.4 is 10.6 Å². The molecule has 4 nitrogen and oxygen atoms in total. The lowest BCUT2D eigenvalue weighted by Crippen LogP contribution is -2.22. The average molecular weight is 453 g/mol. The second-order valence-corrected chi connectivity index (χ2v) is 8.98. The highest BCUT2D eigenvalue weighted by molar-refractivity contribution is 8.00. The van der Waals surface area contributed by atoms with Gasteiger partial charge in [-0.1, -0.05) is 60.7 Å². The molecule has 0 aliphatic rings. The van der Waals surface area contributed by atoms with Crippen molar-refractivity contribution in [2.24, 2.45) is 0 Å². The van der Waals surface area contributed by atoms with Crippen LogP contribution in [0.3, 0.4) is 0 Å². The van der Waals surface area contributed by atoms with Crippen molar-refractivity contribution in [1.29, 1.82) is 0 Å². The molecule has 0 aromatic heterocycles. The molecule has 0 aliphatic carbocycles. The number of hydrogen-bond donors (Lipinski definition) is 2. The van der Waals surface area contributed by atoms with Crippen LogP contribution >= 0.6 is 11.8 Å². The van der Waals surface area contributed by atoms with Crippen LogP contribution in [0.1, 0.15) is 12.5 Å². The quantitative estimate of drug-likeness (QED) is 0.245. The highest BCUT2D eigenvalue weighted by atomic mass is 32.2. The standard InChI is InChI=1S/C28H24N2O2S/c1-20(28(32)30-25-13-12-22-9-5-6-10-23(22)19-25)33-26-16-14-24(15-17-26)29-27(31)18-11-21-7-3-2-4-8-21/h2-20H,1H3,(H,29,31)(H,30,32)/b18-11+. The number of thioether (sulfide) groups is 1. The topological polar surface area (TPSA) is 58.2 Å². The van der Waals surface area contributed by atoms with E-state index in [4.69, 9.17) is 0 Å². The fraction of sp³-hybridized carbons (Fsp3) is 0.0714. The van der Waals surface area contributed by atoms with E-state index in [1.54, 1.807) is 6.08 Å². The van der Waals surface area contributed by atoms with Gasteiger partial charge in [0.15, 0.2) is 0 Å². The number of anilines is 2. The van der Waals surface area contributed by atoms with Crippen LogP contribution in [-0.4, -0.2) is 17.1 Å². The molecule has 0 spiro atoms. The van der Waals surface area contributed by atoms with Crippen LogP contribution in [0.5, 0.6) is 0 Å². The summed E-state index contributed by atoms with van der Waals surface area (Å²) in [7, 11) is 0. The van der Waals surface area contributed by atoms with Gasteiger partial charge in [0.2, 0.25) is 11.8 Å². The Morgan fingerprint density at radius 3 is 2.18 bits per heavy atom. The van der Waals surface area contributed by atoms with Gasteiger partial charge in [0.25, 0.3) is 0 Å². The van der Waals surface area contributed by atoms with Crippen molar-refractivity contribution in [2.75, 3.05) is 10.6 Å². The Morgan fingerprint density at radius 1 is 0.758 bits per heavy atom. The maximum atomic E-state index is 12.7. The van der Waals surface area contributed by atoms with Crippen molar-refractivity contribution < 1.29 is 9.59 Å². The number of nitrogens with one attached hydrogen (secondary N) is 2. The zero-order chi connectivity index (χ0) is 23.0. The summed E-state index contributed by atoms with van der Waals surface area (Å²) in [5.74, 6) is -0.249. The summed E-state index contributed by atoms with van der Waals surface area (Å²) in [4.78, 5) is 25.7. The van der Waals surface area contributed by atoms with Gasteiger partial charge in [0.05, 0.1) is 5.25 Å². The molecule has 4 aromatic carbocycles. The first-order valence-electron chi connectivity index (χ1n) is 10.7. The minimum absolute atomic E-state index is 0.0568. The van der Waals surface area contributed by atoms with Crippen molar-refractivity contribution in [3.05, 3.63) is 109 Å². The van der Waals surface area contributed by atoms with E-state index in [9.17, 15) is 9.59 Å². The molecule has 0 saturated carbocycles. The van der Waals surface area contributed by atoms with Gasteiger partial charge < -0.3 is 10.6 Å². The lowest BCUT2D eigenvalue weighted by molar-refractivity contribution is -0.115. The molecular weight excluding hydrogens is 428 g/mol. The fourth-order valence-electron chi connectivity index (χ4n) is 3.31. The third kappa shape index (κ3) is 6.34. The van der Waals surface area contributed by atoms with E-state index in [1.165, 1.54) is 17.8 Å². The predicted octanol–water partition coefficient (Wildman–Crippen LogP) is 6.61. The van der Waals surface area contributed by atoms with Crippen molar-refractivity contribution >= 4 is 51.8 Å². The molecule has 164 valence electrons. The maximum Gasteiger partial charge on any atom is 0.248 e. The van der Waals surface area contributed by atoms with Crippen LogP contribution in [0.4, 0.5) is 11.4 Å². The largest absolute Gasteiger partial charge is 0.325 e. The van der Waals surface area contributed by atoms with E-state index in [-0.39, 0.29) is 17.1 Å². The summed E-state index contributed by atoms with van der Waals surface area (Å²) >= 11 is 1.47. The number of amides is 2. The van der Waals surface area contributed by atoms with Gasteiger partial charge in [-0.05, 0) is 65.7 Å². The molecule has 2 amide bonds. The highest BCUT2D eigenvalue weighted by Crippen LogP contribution is 2.26. The molecule has 2 N–H and O–H groups in total. The van der Waals surface area contributed by atoms with Crippen molar-refractivity contribution in [3.63, 3.8) is 0 Å². The third-order valence-corrected chi connectivity index (χ3v) is 6.16. The number of benzene rings is 4. The van der Waals surface area contributed by atoms with Crippen LogP contribution in [0.15, 0.2) is 108 Å². The van der Waals surface area contributed by atoms with Crippen LogP contribution in [0, 0.1) is 0 Å². The second kappa shape index (κ2) is 10.7. The van der Waals surface area contributed by atoms with E-state index in [0.717, 1.165) is 26.9 Å². The molecule has 4 rings (SSSR count). The number of rotatable bonds is 7. The lowest BCUT2D eigenvalue weighted by Gasteiger charge is -2.13. The number of carbonyl (C=O) groups is 2. The third-order valence-electron chi connectivity index (χ3n) is 5.05. The van der Waals surface area contributed by atoms with E-state index in [1.807, 2.05) is 104 Å². The summed E-state index contributed by atoms with van der Waals surface area (Å²) in [6.07, 6.45) is 3.28. The molecule has 0 radical (unpaired) electrons. The van der Waals surface area contributed by atoms with Gasteiger partial charge in [-0.25, -0.2) is 0 Å². The minimum atomic E-state index is -0.272. The van der Waals surface area contributed by atoms with E-state index in [2.05, 4.69) is 10.6 Å². The Balaban J connectivity index is 1.30. The summed E-state index contributed by atoms with van der Waals surface area (Å²) in [6.45, 7) is 1.88. The summed E-state index contributed by atoms with van der Waals surface area (Å²) in [5.41, 5.74) is 2.46. The molecule has 0 bridgehead atoms.